The lowest BCUT2D eigenvalue weighted by atomic mass is 10.1. The number of hydrogen-bond donors (Lipinski definition) is 2. The van der Waals surface area contributed by atoms with Crippen molar-refractivity contribution >= 4 is 17.6 Å². The van der Waals surface area contributed by atoms with Gasteiger partial charge in [0.15, 0.2) is 11.2 Å². The Balaban J connectivity index is 1.78. The summed E-state index contributed by atoms with van der Waals surface area (Å²) in [6.45, 7) is 3.07. The molecule has 8 heteroatoms. The highest BCUT2D eigenvalue weighted by molar-refractivity contribution is 6.03. The third-order valence-corrected chi connectivity index (χ3v) is 4.35. The van der Waals surface area contributed by atoms with Crippen molar-refractivity contribution < 1.29 is 19.2 Å². The lowest BCUT2D eigenvalue weighted by Crippen LogP contribution is -2.35. The number of carboxylic acids is 1. The van der Waals surface area contributed by atoms with Crippen LogP contribution in [-0.2, 0) is 23.2 Å². The number of anilines is 1. The van der Waals surface area contributed by atoms with Crippen LogP contribution in [0.4, 0.5) is 5.69 Å². The molecule has 3 rings (SSSR count). The number of aryl methyl sites for hydroxylation is 1. The second-order valence-corrected chi connectivity index (χ2v) is 6.49. The molecule has 24 heavy (non-hydrogen) atoms. The monoisotopic (exact) mass is 332 g/mol. The van der Waals surface area contributed by atoms with Gasteiger partial charge in [-0.25, -0.2) is 4.79 Å². The van der Waals surface area contributed by atoms with Gasteiger partial charge in [-0.3, -0.25) is 9.48 Å². The quantitative estimate of drug-likeness (QED) is 0.831. The van der Waals surface area contributed by atoms with Gasteiger partial charge in [-0.1, -0.05) is 11.6 Å². The number of rotatable bonds is 4. The molecule has 2 N–H and O–H groups in total. The van der Waals surface area contributed by atoms with Crippen LogP contribution in [0.15, 0.2) is 16.9 Å². The van der Waals surface area contributed by atoms with Gasteiger partial charge in [0.25, 0.3) is 5.91 Å². The Labute approximate surface area is 138 Å². The van der Waals surface area contributed by atoms with Crippen molar-refractivity contribution in [2.24, 2.45) is 0 Å². The summed E-state index contributed by atoms with van der Waals surface area (Å²) in [5.41, 5.74) is 0.397. The van der Waals surface area contributed by atoms with Crippen LogP contribution in [0, 0.1) is 0 Å². The number of amides is 1. The van der Waals surface area contributed by atoms with E-state index in [9.17, 15) is 14.7 Å². The summed E-state index contributed by atoms with van der Waals surface area (Å²) in [5, 5.41) is 19.9. The summed E-state index contributed by atoms with van der Waals surface area (Å²) in [6, 6.07) is 0. The Hall–Kier alpha value is -2.64. The standard InChI is InChI=1S/C16H20N4O4/c1-16(2,15(22)23)20-9-10(8-17-20)18-14(21)13-11-6-4-3-5-7-12(11)24-19-13/h8-9H,3-7H2,1-2H3,(H,18,21)(H,22,23). The van der Waals surface area contributed by atoms with E-state index in [1.807, 2.05) is 0 Å². The molecule has 128 valence electrons. The van der Waals surface area contributed by atoms with Crippen LogP contribution >= 0.6 is 0 Å². The molecule has 0 aliphatic heterocycles. The van der Waals surface area contributed by atoms with Gasteiger partial charge in [-0.2, -0.15) is 5.10 Å². The molecule has 0 bridgehead atoms. The van der Waals surface area contributed by atoms with Gasteiger partial charge >= 0.3 is 5.97 Å². The lowest BCUT2D eigenvalue weighted by molar-refractivity contribution is -0.146. The number of aromatic nitrogens is 3. The fraction of sp³-hybridized carbons (Fsp3) is 0.500. The van der Waals surface area contributed by atoms with Crippen LogP contribution in [0.5, 0.6) is 0 Å². The second kappa shape index (κ2) is 6.10. The smallest absolute Gasteiger partial charge is 0.331 e. The predicted molar refractivity (Wildman–Crippen MR) is 84.9 cm³/mol. The molecule has 0 radical (unpaired) electrons. The number of carbonyl (C=O) groups excluding carboxylic acids is 1. The number of carbonyl (C=O) groups is 2. The molecule has 0 fully saturated rings. The maximum atomic E-state index is 12.5. The minimum Gasteiger partial charge on any atom is -0.479 e. The van der Waals surface area contributed by atoms with E-state index in [0.29, 0.717) is 11.4 Å². The van der Waals surface area contributed by atoms with E-state index >= 15 is 0 Å². The van der Waals surface area contributed by atoms with Crippen LogP contribution in [0.1, 0.15) is 54.9 Å². The Kier molecular flexibility index (Phi) is 4.13. The number of nitrogens with zero attached hydrogens (tertiary/aromatic N) is 3. The van der Waals surface area contributed by atoms with E-state index in [0.717, 1.165) is 43.4 Å². The highest BCUT2D eigenvalue weighted by atomic mass is 16.5. The van der Waals surface area contributed by atoms with Crippen molar-refractivity contribution in [2.75, 3.05) is 5.32 Å². The molecule has 0 saturated carbocycles. The zero-order valence-corrected chi connectivity index (χ0v) is 13.7. The summed E-state index contributed by atoms with van der Waals surface area (Å²) in [4.78, 5) is 23.7. The Morgan fingerprint density at radius 1 is 1.29 bits per heavy atom. The minimum absolute atomic E-state index is 0.303. The zero-order chi connectivity index (χ0) is 17.3. The molecule has 1 aliphatic rings. The first-order valence-corrected chi connectivity index (χ1v) is 7.97. The average Bonchev–Trinajstić information content (AvgIpc) is 3.09. The molecule has 0 aromatic carbocycles. The third kappa shape index (κ3) is 2.91. The van der Waals surface area contributed by atoms with Gasteiger partial charge in [0.05, 0.1) is 11.9 Å². The van der Waals surface area contributed by atoms with Crippen molar-refractivity contribution in [3.05, 3.63) is 29.4 Å². The highest BCUT2D eigenvalue weighted by Gasteiger charge is 2.30. The molecule has 0 spiro atoms. The average molecular weight is 332 g/mol. The molecule has 1 amide bonds. The fourth-order valence-corrected chi connectivity index (χ4v) is 2.72. The maximum absolute atomic E-state index is 12.5. The van der Waals surface area contributed by atoms with Gasteiger partial charge < -0.3 is 14.9 Å². The van der Waals surface area contributed by atoms with Gasteiger partial charge in [-0.05, 0) is 33.1 Å². The molecule has 0 unspecified atom stereocenters. The van der Waals surface area contributed by atoms with Crippen LogP contribution in [0.2, 0.25) is 0 Å². The van der Waals surface area contributed by atoms with E-state index in [2.05, 4.69) is 15.6 Å². The number of fused-ring (bicyclic) bond motifs is 1. The van der Waals surface area contributed by atoms with Gasteiger partial charge in [0, 0.05) is 18.2 Å². The van der Waals surface area contributed by atoms with E-state index in [1.54, 1.807) is 0 Å². The van der Waals surface area contributed by atoms with Crippen LogP contribution in [0.25, 0.3) is 0 Å². The summed E-state index contributed by atoms with van der Waals surface area (Å²) >= 11 is 0. The number of hydrogen-bond acceptors (Lipinski definition) is 5. The molecule has 0 atom stereocenters. The largest absolute Gasteiger partial charge is 0.479 e. The second-order valence-electron chi connectivity index (χ2n) is 6.49. The van der Waals surface area contributed by atoms with Gasteiger partial charge in [0.1, 0.15) is 5.76 Å². The minimum atomic E-state index is -1.20. The molecule has 8 nitrogen and oxygen atoms in total. The summed E-state index contributed by atoms with van der Waals surface area (Å²) in [7, 11) is 0. The normalized spacial score (nSPS) is 14.8. The Bertz CT molecular complexity index is 775. The van der Waals surface area contributed by atoms with Crippen molar-refractivity contribution in [1.29, 1.82) is 0 Å². The molecule has 2 aromatic heterocycles. The summed E-state index contributed by atoms with van der Waals surface area (Å²) in [5.74, 6) is -0.583. The van der Waals surface area contributed by atoms with Crippen molar-refractivity contribution in [2.45, 2.75) is 51.5 Å². The van der Waals surface area contributed by atoms with Gasteiger partial charge in [0.2, 0.25) is 0 Å². The zero-order valence-electron chi connectivity index (χ0n) is 13.7. The molecule has 1 aliphatic carbocycles. The first kappa shape index (κ1) is 16.2. The Morgan fingerprint density at radius 3 is 2.79 bits per heavy atom. The van der Waals surface area contributed by atoms with Crippen LogP contribution in [-0.4, -0.2) is 31.9 Å². The first-order chi connectivity index (χ1) is 11.4. The molecule has 0 saturated heterocycles. The number of nitrogens with one attached hydrogen (secondary N) is 1. The third-order valence-electron chi connectivity index (χ3n) is 4.35. The summed E-state index contributed by atoms with van der Waals surface area (Å²) in [6.07, 6.45) is 7.67. The molecule has 2 heterocycles. The Morgan fingerprint density at radius 2 is 2.04 bits per heavy atom. The van der Waals surface area contributed by atoms with E-state index < -0.39 is 11.5 Å². The lowest BCUT2D eigenvalue weighted by Gasteiger charge is -2.19. The van der Waals surface area contributed by atoms with E-state index in [4.69, 9.17) is 4.52 Å². The fourth-order valence-electron chi connectivity index (χ4n) is 2.72. The molecular weight excluding hydrogens is 312 g/mol. The highest BCUT2D eigenvalue weighted by Crippen LogP contribution is 2.24. The van der Waals surface area contributed by atoms with Crippen molar-refractivity contribution in [3.8, 4) is 0 Å². The van der Waals surface area contributed by atoms with Gasteiger partial charge in [-0.15, -0.1) is 0 Å². The summed E-state index contributed by atoms with van der Waals surface area (Å²) < 4.78 is 6.61. The predicted octanol–water partition coefficient (Wildman–Crippen LogP) is 2.21. The first-order valence-electron chi connectivity index (χ1n) is 7.97. The van der Waals surface area contributed by atoms with E-state index in [-0.39, 0.29) is 5.91 Å². The number of aliphatic carboxylic acids is 1. The topological polar surface area (TPSA) is 110 Å². The van der Waals surface area contributed by atoms with Crippen LogP contribution in [0.3, 0.4) is 0 Å². The molecule has 2 aromatic rings. The van der Waals surface area contributed by atoms with Crippen molar-refractivity contribution in [3.63, 3.8) is 0 Å². The number of carboxylic acid groups (broad SMARTS) is 1. The van der Waals surface area contributed by atoms with Crippen molar-refractivity contribution in [1.82, 2.24) is 14.9 Å². The molecular formula is C16H20N4O4. The maximum Gasteiger partial charge on any atom is 0.331 e. The van der Waals surface area contributed by atoms with Crippen LogP contribution < -0.4 is 5.32 Å². The van der Waals surface area contributed by atoms with E-state index in [1.165, 1.54) is 30.9 Å². The SMILES string of the molecule is CC(C)(C(=O)O)n1cc(NC(=O)c2noc3c2CCCCC3)cn1.